The molecule has 7 nitrogen and oxygen atoms in total. The molecule has 1 amide bonds. The first-order chi connectivity index (χ1) is 13.8. The van der Waals surface area contributed by atoms with Crippen molar-refractivity contribution in [3.8, 4) is 0 Å². The molecule has 0 saturated carbocycles. The molecule has 1 saturated heterocycles. The van der Waals surface area contributed by atoms with Gasteiger partial charge in [0, 0.05) is 44.1 Å². The molecule has 2 heterocycles. The summed E-state index contributed by atoms with van der Waals surface area (Å²) in [6, 6.07) is 10.8. The zero-order valence-electron chi connectivity index (χ0n) is 18.1. The Hall–Kier alpha value is -2.09. The topological polar surface area (TPSA) is 82.9 Å². The first-order valence-corrected chi connectivity index (χ1v) is 10.4. The predicted octanol–water partition coefficient (Wildman–Crippen LogP) is 1.57. The fourth-order valence-corrected chi connectivity index (χ4v) is 4.03. The van der Waals surface area contributed by atoms with E-state index < -0.39 is 6.35 Å². The van der Waals surface area contributed by atoms with Gasteiger partial charge in [-0.3, -0.25) is 15.0 Å². The number of rotatable bonds is 6. The number of ether oxygens (including phenoxy) is 1. The van der Waals surface area contributed by atoms with Crippen molar-refractivity contribution in [3.05, 3.63) is 47.3 Å². The lowest BCUT2D eigenvalue weighted by Crippen LogP contribution is -2.61. The summed E-state index contributed by atoms with van der Waals surface area (Å²) in [7, 11) is 1.89. The molecule has 1 aromatic rings. The van der Waals surface area contributed by atoms with Gasteiger partial charge in [-0.15, -0.1) is 0 Å². The zero-order chi connectivity index (χ0) is 21.0. The third-order valence-corrected chi connectivity index (χ3v) is 6.04. The first kappa shape index (κ1) is 21.6. The number of hydrogen-bond acceptors (Lipinski definition) is 6. The molecule has 2 aliphatic rings. The largest absolute Gasteiger partial charge is 0.399 e. The smallest absolute Gasteiger partial charge is 0.248 e. The van der Waals surface area contributed by atoms with Crippen LogP contribution in [0.25, 0.3) is 0 Å². The van der Waals surface area contributed by atoms with E-state index in [1.165, 1.54) is 5.56 Å². The van der Waals surface area contributed by atoms with Crippen molar-refractivity contribution in [2.45, 2.75) is 58.1 Å². The van der Waals surface area contributed by atoms with Gasteiger partial charge in [0.2, 0.25) is 5.91 Å². The number of carbonyl (C=O) groups is 1. The Bertz CT molecular complexity index is 726. The van der Waals surface area contributed by atoms with Gasteiger partial charge in [0.05, 0.1) is 5.54 Å². The molecule has 1 fully saturated rings. The number of likely N-dealkylation sites (N-methyl/N-ethyl adjacent to an activating group) is 1. The highest BCUT2D eigenvalue weighted by molar-refractivity contribution is 5.77. The van der Waals surface area contributed by atoms with Crippen LogP contribution < -0.4 is 16.4 Å². The van der Waals surface area contributed by atoms with Crippen LogP contribution in [-0.2, 0) is 16.1 Å². The van der Waals surface area contributed by atoms with Crippen molar-refractivity contribution in [3.63, 3.8) is 0 Å². The molecule has 1 unspecified atom stereocenters. The van der Waals surface area contributed by atoms with E-state index in [9.17, 15) is 4.79 Å². The molecule has 4 N–H and O–H groups in total. The second-order valence-corrected chi connectivity index (χ2v) is 8.64. The van der Waals surface area contributed by atoms with Crippen molar-refractivity contribution in [2.75, 3.05) is 26.7 Å². The summed E-state index contributed by atoms with van der Waals surface area (Å²) in [5.41, 5.74) is 8.70. The number of benzene rings is 1. The van der Waals surface area contributed by atoms with Gasteiger partial charge >= 0.3 is 0 Å². The summed E-state index contributed by atoms with van der Waals surface area (Å²) in [4.78, 5) is 17.0. The van der Waals surface area contributed by atoms with E-state index in [0.717, 1.165) is 43.9 Å². The Labute approximate surface area is 174 Å². The second-order valence-electron chi connectivity index (χ2n) is 8.64. The number of hydrogen-bond donors (Lipinski definition) is 3. The molecule has 1 aromatic carbocycles. The SMILES string of the molecule is CC1=C(N)C(C)(C)NC(OCC(=O)N(C)C2CCN(Cc3ccccc3)CC2)N1. The highest BCUT2D eigenvalue weighted by Gasteiger charge is 2.32. The molecule has 160 valence electrons. The summed E-state index contributed by atoms with van der Waals surface area (Å²) in [6.07, 6.45) is 1.54. The van der Waals surface area contributed by atoms with Crippen LogP contribution in [0.3, 0.4) is 0 Å². The first-order valence-electron chi connectivity index (χ1n) is 10.4. The van der Waals surface area contributed by atoms with Crippen LogP contribution in [-0.4, -0.2) is 60.4 Å². The number of likely N-dealkylation sites (tertiary alicyclic amines) is 1. The van der Waals surface area contributed by atoms with Crippen LogP contribution in [0.15, 0.2) is 41.7 Å². The Balaban J connectivity index is 1.43. The third kappa shape index (κ3) is 5.50. The molecule has 2 aliphatic heterocycles. The van der Waals surface area contributed by atoms with E-state index in [2.05, 4.69) is 39.8 Å². The van der Waals surface area contributed by atoms with Gasteiger partial charge in [0.1, 0.15) is 6.61 Å². The Morgan fingerprint density at radius 3 is 2.55 bits per heavy atom. The van der Waals surface area contributed by atoms with Crippen LogP contribution in [0.4, 0.5) is 0 Å². The van der Waals surface area contributed by atoms with Crippen LogP contribution in [0.5, 0.6) is 0 Å². The minimum absolute atomic E-state index is 0.00749. The van der Waals surface area contributed by atoms with Gasteiger partial charge < -0.3 is 20.7 Å². The molecule has 1 atom stereocenters. The van der Waals surface area contributed by atoms with Gasteiger partial charge in [-0.1, -0.05) is 30.3 Å². The molecule has 0 aromatic heterocycles. The van der Waals surface area contributed by atoms with Crippen molar-refractivity contribution < 1.29 is 9.53 Å². The molecular formula is C22H35N5O2. The highest BCUT2D eigenvalue weighted by atomic mass is 16.5. The summed E-state index contributed by atoms with van der Waals surface area (Å²) in [5.74, 6) is 0.00749. The molecule has 0 aliphatic carbocycles. The number of nitrogens with two attached hydrogens (primary N) is 1. The minimum atomic E-state index is -0.428. The Morgan fingerprint density at radius 2 is 1.93 bits per heavy atom. The maximum atomic E-state index is 12.7. The fourth-order valence-electron chi connectivity index (χ4n) is 4.03. The normalized spacial score (nSPS) is 23.0. The molecule has 0 radical (unpaired) electrons. The number of allylic oxidation sites excluding steroid dienone is 1. The number of nitrogens with zero attached hydrogens (tertiary/aromatic N) is 2. The van der Waals surface area contributed by atoms with Crippen molar-refractivity contribution >= 4 is 5.91 Å². The Kier molecular flexibility index (Phi) is 6.82. The molecule has 0 bridgehead atoms. The molecule has 0 spiro atoms. The highest BCUT2D eigenvalue weighted by Crippen LogP contribution is 2.20. The van der Waals surface area contributed by atoms with Gasteiger partial charge in [0.25, 0.3) is 0 Å². The van der Waals surface area contributed by atoms with Gasteiger partial charge in [-0.25, -0.2) is 0 Å². The van der Waals surface area contributed by atoms with Gasteiger partial charge in [-0.2, -0.15) is 0 Å². The second kappa shape index (κ2) is 9.15. The van der Waals surface area contributed by atoms with Crippen LogP contribution in [0, 0.1) is 0 Å². The summed E-state index contributed by atoms with van der Waals surface area (Å²) in [5, 5.41) is 6.45. The summed E-state index contributed by atoms with van der Waals surface area (Å²) < 4.78 is 5.80. The molecule has 7 heteroatoms. The fraction of sp³-hybridized carbons (Fsp3) is 0.591. The van der Waals surface area contributed by atoms with Crippen LogP contribution in [0.2, 0.25) is 0 Å². The quantitative estimate of drug-likeness (QED) is 0.671. The standard InChI is InChI=1S/C22H35N5O2/c1-16-20(23)22(2,3)25-21(24-16)29-15-19(28)26(4)18-10-12-27(13-11-18)14-17-8-6-5-7-9-17/h5-9,18,21,24-25H,10-15,23H2,1-4H3. The average Bonchev–Trinajstić information content (AvgIpc) is 2.71. The van der Waals surface area contributed by atoms with Crippen molar-refractivity contribution in [1.82, 2.24) is 20.4 Å². The molecular weight excluding hydrogens is 366 g/mol. The van der Waals surface area contributed by atoms with E-state index in [1.54, 1.807) is 0 Å². The van der Waals surface area contributed by atoms with Crippen LogP contribution in [0.1, 0.15) is 39.2 Å². The zero-order valence-corrected chi connectivity index (χ0v) is 18.1. The minimum Gasteiger partial charge on any atom is -0.399 e. The number of carbonyl (C=O) groups excluding carboxylic acids is 1. The van der Waals surface area contributed by atoms with Crippen LogP contribution >= 0.6 is 0 Å². The number of piperidine rings is 1. The lowest BCUT2D eigenvalue weighted by atomic mass is 9.98. The van der Waals surface area contributed by atoms with E-state index in [-0.39, 0.29) is 24.1 Å². The molecule has 29 heavy (non-hydrogen) atoms. The number of amides is 1. The van der Waals surface area contributed by atoms with Crippen molar-refractivity contribution in [1.29, 1.82) is 0 Å². The number of nitrogens with one attached hydrogen (secondary N) is 2. The average molecular weight is 402 g/mol. The van der Waals surface area contributed by atoms with Gasteiger partial charge in [-0.05, 0) is 39.2 Å². The Morgan fingerprint density at radius 1 is 1.28 bits per heavy atom. The lowest BCUT2D eigenvalue weighted by molar-refractivity contribution is -0.142. The van der Waals surface area contributed by atoms with E-state index in [0.29, 0.717) is 0 Å². The third-order valence-electron chi connectivity index (χ3n) is 6.04. The summed E-state index contributed by atoms with van der Waals surface area (Å²) >= 11 is 0. The van der Waals surface area contributed by atoms with Gasteiger partial charge in [0.15, 0.2) is 6.35 Å². The van der Waals surface area contributed by atoms with E-state index in [4.69, 9.17) is 10.5 Å². The monoisotopic (exact) mass is 401 g/mol. The lowest BCUT2D eigenvalue weighted by Gasteiger charge is -2.39. The maximum Gasteiger partial charge on any atom is 0.248 e. The summed E-state index contributed by atoms with van der Waals surface area (Å²) in [6.45, 7) is 8.93. The van der Waals surface area contributed by atoms with E-state index in [1.807, 2.05) is 38.8 Å². The maximum absolute atomic E-state index is 12.7. The predicted molar refractivity (Wildman–Crippen MR) is 114 cm³/mol. The molecule has 3 rings (SSSR count). The van der Waals surface area contributed by atoms with Crippen molar-refractivity contribution in [2.24, 2.45) is 5.73 Å². The van der Waals surface area contributed by atoms with E-state index >= 15 is 0 Å².